The zero-order chi connectivity index (χ0) is 18.1. The molecule has 26 heavy (non-hydrogen) atoms. The van der Waals surface area contributed by atoms with Gasteiger partial charge in [0, 0.05) is 36.7 Å². The van der Waals surface area contributed by atoms with Crippen LogP contribution in [0.4, 0.5) is 5.69 Å². The third kappa shape index (κ3) is 2.49. The Bertz CT molecular complexity index is 931. The Kier molecular flexibility index (Phi) is 4.21. The second-order valence-electron chi connectivity index (χ2n) is 6.82. The third-order valence-electron chi connectivity index (χ3n) is 5.34. The van der Waals surface area contributed by atoms with Crippen molar-refractivity contribution < 1.29 is 9.84 Å². The van der Waals surface area contributed by atoms with Gasteiger partial charge in [0.2, 0.25) is 0 Å². The molecule has 4 rings (SSSR count). The number of hydrogen-bond acceptors (Lipinski definition) is 3. The van der Waals surface area contributed by atoms with Crippen LogP contribution in [0.25, 0.3) is 11.3 Å². The fraction of sp³-hybridized carbons (Fsp3) is 0.273. The van der Waals surface area contributed by atoms with Crippen molar-refractivity contribution in [3.8, 4) is 17.0 Å². The van der Waals surface area contributed by atoms with E-state index in [1.165, 1.54) is 16.8 Å². The number of nitrogens with one attached hydrogen (secondary N) is 1. The summed E-state index contributed by atoms with van der Waals surface area (Å²) < 4.78 is 7.66. The Hall–Kier alpha value is -2.72. The number of nitrogens with zero attached hydrogens (tertiary/aromatic N) is 1. The molecular formula is C22H24N2O2. The van der Waals surface area contributed by atoms with Crippen LogP contribution in [-0.2, 0) is 12.6 Å². The van der Waals surface area contributed by atoms with Crippen LogP contribution in [0, 0.1) is 0 Å². The first-order valence-corrected chi connectivity index (χ1v) is 8.98. The minimum Gasteiger partial charge on any atom is -0.497 e. The van der Waals surface area contributed by atoms with Crippen LogP contribution >= 0.6 is 0 Å². The van der Waals surface area contributed by atoms with E-state index in [4.69, 9.17) is 4.74 Å². The van der Waals surface area contributed by atoms with Crippen molar-refractivity contribution in [1.82, 2.24) is 4.57 Å². The summed E-state index contributed by atoms with van der Waals surface area (Å²) in [5, 5.41) is 13.4. The molecule has 4 nitrogen and oxygen atoms in total. The number of aromatic nitrogens is 1. The molecule has 0 fully saturated rings. The molecule has 1 aliphatic heterocycles. The fourth-order valence-electron chi connectivity index (χ4n) is 4.11. The predicted octanol–water partition coefficient (Wildman–Crippen LogP) is 4.14. The molecule has 0 spiro atoms. The van der Waals surface area contributed by atoms with E-state index in [0.717, 1.165) is 23.4 Å². The summed E-state index contributed by atoms with van der Waals surface area (Å²) in [6.45, 7) is 0.164. The Balaban J connectivity index is 1.97. The number of aliphatic hydroxyl groups excluding tert-OH is 1. The smallest absolute Gasteiger partial charge is 0.119 e. The van der Waals surface area contributed by atoms with Crippen molar-refractivity contribution in [2.75, 3.05) is 19.0 Å². The van der Waals surface area contributed by atoms with Crippen molar-refractivity contribution >= 4 is 5.69 Å². The molecule has 1 aromatic heterocycles. The van der Waals surface area contributed by atoms with E-state index in [2.05, 4.69) is 65.6 Å². The topological polar surface area (TPSA) is 46.4 Å². The minimum absolute atomic E-state index is 0.164. The molecule has 0 saturated heterocycles. The molecule has 2 aromatic carbocycles. The number of para-hydroxylation sites is 1. The molecule has 4 heteroatoms. The van der Waals surface area contributed by atoms with Crippen LogP contribution < -0.4 is 10.1 Å². The van der Waals surface area contributed by atoms with Gasteiger partial charge in [-0.1, -0.05) is 30.3 Å². The van der Waals surface area contributed by atoms with E-state index in [0.29, 0.717) is 6.42 Å². The van der Waals surface area contributed by atoms with Gasteiger partial charge >= 0.3 is 0 Å². The molecule has 3 aromatic rings. The summed E-state index contributed by atoms with van der Waals surface area (Å²) in [4.78, 5) is 0. The maximum Gasteiger partial charge on any atom is 0.119 e. The van der Waals surface area contributed by atoms with Crippen molar-refractivity contribution in [2.45, 2.75) is 18.4 Å². The van der Waals surface area contributed by atoms with E-state index in [1.54, 1.807) is 7.11 Å². The van der Waals surface area contributed by atoms with E-state index in [-0.39, 0.29) is 6.61 Å². The number of methoxy groups -OCH3 is 1. The molecule has 1 aliphatic rings. The van der Waals surface area contributed by atoms with Crippen molar-refractivity contribution in [3.05, 3.63) is 71.9 Å². The Morgan fingerprint density at radius 3 is 2.77 bits per heavy atom. The largest absolute Gasteiger partial charge is 0.497 e. The lowest BCUT2D eigenvalue weighted by atomic mass is 9.75. The number of anilines is 1. The van der Waals surface area contributed by atoms with E-state index in [1.807, 2.05) is 12.1 Å². The van der Waals surface area contributed by atoms with Crippen molar-refractivity contribution in [3.63, 3.8) is 0 Å². The molecule has 0 saturated carbocycles. The highest BCUT2D eigenvalue weighted by Crippen LogP contribution is 2.49. The predicted molar refractivity (Wildman–Crippen MR) is 105 cm³/mol. The summed E-state index contributed by atoms with van der Waals surface area (Å²) in [6, 6.07) is 18.8. The number of benzene rings is 2. The summed E-state index contributed by atoms with van der Waals surface area (Å²) in [5.41, 5.74) is 5.52. The van der Waals surface area contributed by atoms with Gasteiger partial charge in [0.25, 0.3) is 0 Å². The zero-order valence-corrected chi connectivity index (χ0v) is 15.2. The first kappa shape index (κ1) is 16.7. The van der Waals surface area contributed by atoms with Gasteiger partial charge in [-0.05, 0) is 42.7 Å². The number of rotatable bonds is 5. The van der Waals surface area contributed by atoms with Gasteiger partial charge in [0.15, 0.2) is 0 Å². The molecule has 2 heterocycles. The molecule has 0 bridgehead atoms. The molecule has 134 valence electrons. The van der Waals surface area contributed by atoms with Gasteiger partial charge in [0.1, 0.15) is 5.75 Å². The quantitative estimate of drug-likeness (QED) is 0.728. The lowest BCUT2D eigenvalue weighted by molar-refractivity contribution is 0.273. The average molecular weight is 348 g/mol. The average Bonchev–Trinajstić information content (AvgIpc) is 3.09. The SMILES string of the molecule is COc1cccc([C@]2(CCCO)Nc3ccccc3-c3c2ccn3C)c1. The normalized spacial score (nSPS) is 18.0. The van der Waals surface area contributed by atoms with Crippen LogP contribution in [0.15, 0.2) is 60.8 Å². The lowest BCUT2D eigenvalue weighted by Gasteiger charge is -2.41. The van der Waals surface area contributed by atoms with Gasteiger partial charge in [0.05, 0.1) is 18.3 Å². The Morgan fingerprint density at radius 2 is 1.96 bits per heavy atom. The lowest BCUT2D eigenvalue weighted by Crippen LogP contribution is -2.39. The first-order valence-electron chi connectivity index (χ1n) is 8.98. The molecule has 0 radical (unpaired) electrons. The number of aliphatic hydroxyl groups is 1. The number of aryl methyl sites for hydroxylation is 1. The zero-order valence-electron chi connectivity index (χ0n) is 15.2. The van der Waals surface area contributed by atoms with Crippen molar-refractivity contribution in [1.29, 1.82) is 0 Å². The van der Waals surface area contributed by atoms with Gasteiger partial charge in [-0.15, -0.1) is 0 Å². The van der Waals surface area contributed by atoms with Crippen LogP contribution in [-0.4, -0.2) is 23.4 Å². The third-order valence-corrected chi connectivity index (χ3v) is 5.34. The maximum absolute atomic E-state index is 9.55. The van der Waals surface area contributed by atoms with Crippen molar-refractivity contribution in [2.24, 2.45) is 7.05 Å². The van der Waals surface area contributed by atoms with E-state index >= 15 is 0 Å². The van der Waals surface area contributed by atoms with E-state index < -0.39 is 5.54 Å². The Morgan fingerprint density at radius 1 is 1.12 bits per heavy atom. The van der Waals surface area contributed by atoms with Gasteiger partial charge in [-0.25, -0.2) is 0 Å². The first-order chi connectivity index (χ1) is 12.7. The highest BCUT2D eigenvalue weighted by atomic mass is 16.5. The minimum atomic E-state index is -0.401. The number of ether oxygens (including phenoxy) is 1. The molecule has 0 aliphatic carbocycles. The molecule has 2 N–H and O–H groups in total. The van der Waals surface area contributed by atoms with Crippen LogP contribution in [0.2, 0.25) is 0 Å². The highest BCUT2D eigenvalue weighted by molar-refractivity contribution is 5.84. The fourth-order valence-corrected chi connectivity index (χ4v) is 4.11. The standard InChI is InChI=1S/C22H24N2O2/c1-24-13-11-19-21(24)18-9-3-4-10-20(18)23-22(19,12-6-14-25)16-7-5-8-17(15-16)26-2/h3-5,7-11,13,15,23,25H,6,12,14H2,1-2H3/t22-/m0/s1. The monoisotopic (exact) mass is 348 g/mol. The van der Waals surface area contributed by atoms with Gasteiger partial charge in [-0.2, -0.15) is 0 Å². The van der Waals surface area contributed by atoms with Crippen LogP contribution in [0.5, 0.6) is 5.75 Å². The second-order valence-corrected chi connectivity index (χ2v) is 6.82. The summed E-state index contributed by atoms with van der Waals surface area (Å²) in [6.07, 6.45) is 3.62. The van der Waals surface area contributed by atoms with Gasteiger partial charge in [-0.3, -0.25) is 0 Å². The van der Waals surface area contributed by atoms with Gasteiger partial charge < -0.3 is 19.7 Å². The summed E-state index contributed by atoms with van der Waals surface area (Å²) in [5.74, 6) is 0.837. The second kappa shape index (κ2) is 6.54. The van der Waals surface area contributed by atoms with Crippen LogP contribution in [0.3, 0.4) is 0 Å². The molecule has 0 amide bonds. The van der Waals surface area contributed by atoms with E-state index in [9.17, 15) is 5.11 Å². The summed E-state index contributed by atoms with van der Waals surface area (Å²) in [7, 11) is 3.78. The van der Waals surface area contributed by atoms with Crippen LogP contribution in [0.1, 0.15) is 24.0 Å². The molecule has 0 unspecified atom stereocenters. The summed E-state index contributed by atoms with van der Waals surface area (Å²) >= 11 is 0. The Labute approximate surface area is 154 Å². The maximum atomic E-state index is 9.55. The number of fused-ring (bicyclic) bond motifs is 3. The molecule has 1 atom stereocenters. The molecular weight excluding hydrogens is 324 g/mol. The number of hydrogen-bond donors (Lipinski definition) is 2. The highest BCUT2D eigenvalue weighted by Gasteiger charge is 2.41.